The fourth-order valence-corrected chi connectivity index (χ4v) is 4.98. The number of terminal acetylenes is 1. The molecule has 7 nitrogen and oxygen atoms in total. The summed E-state index contributed by atoms with van der Waals surface area (Å²) < 4.78 is 11.0. The Bertz CT molecular complexity index is 1050. The summed E-state index contributed by atoms with van der Waals surface area (Å²) in [5, 5.41) is 9.53. The van der Waals surface area contributed by atoms with Gasteiger partial charge >= 0.3 is 5.97 Å². The first-order chi connectivity index (χ1) is 15.5. The van der Waals surface area contributed by atoms with Crippen molar-refractivity contribution in [3.63, 3.8) is 0 Å². The van der Waals surface area contributed by atoms with Crippen LogP contribution in [0, 0.1) is 12.3 Å². The maximum absolute atomic E-state index is 13.1. The van der Waals surface area contributed by atoms with Crippen LogP contribution in [0.3, 0.4) is 0 Å². The van der Waals surface area contributed by atoms with E-state index in [1.165, 1.54) is 7.11 Å². The highest BCUT2D eigenvalue weighted by Gasteiger charge is 2.43. The fraction of sp³-hybridized carbons (Fsp3) is 0.400. The number of Topliss-reactive ketones (excluding diaryl/α,β-unsaturated/α-hetero) is 2. The summed E-state index contributed by atoms with van der Waals surface area (Å²) in [6.45, 7) is -0.169. The van der Waals surface area contributed by atoms with Gasteiger partial charge in [-0.3, -0.25) is 14.4 Å². The van der Waals surface area contributed by atoms with Gasteiger partial charge in [0, 0.05) is 41.3 Å². The monoisotopic (exact) mass is 435 g/mol. The van der Waals surface area contributed by atoms with Crippen molar-refractivity contribution in [1.82, 2.24) is 4.90 Å². The van der Waals surface area contributed by atoms with Gasteiger partial charge in [0.2, 0.25) is 0 Å². The number of carbonyl (C=O) groups excluding carboxylic acids is 2. The van der Waals surface area contributed by atoms with Gasteiger partial charge in [-0.05, 0) is 43.4 Å². The van der Waals surface area contributed by atoms with Gasteiger partial charge < -0.3 is 19.5 Å². The molecule has 0 fully saturated rings. The number of ether oxygens (including phenoxy) is 2. The third kappa shape index (κ3) is 3.77. The van der Waals surface area contributed by atoms with Crippen LogP contribution < -0.4 is 9.47 Å². The lowest BCUT2D eigenvalue weighted by atomic mass is 9.71. The first kappa shape index (κ1) is 21.7. The highest BCUT2D eigenvalue weighted by Crippen LogP contribution is 2.49. The van der Waals surface area contributed by atoms with Crippen molar-refractivity contribution in [2.24, 2.45) is 0 Å². The van der Waals surface area contributed by atoms with Crippen molar-refractivity contribution >= 4 is 17.5 Å². The minimum Gasteiger partial charge on any atom is -0.493 e. The number of hydrogen-bond acceptors (Lipinski definition) is 6. The van der Waals surface area contributed by atoms with Crippen LogP contribution in [0.4, 0.5) is 0 Å². The third-order valence-electron chi connectivity index (χ3n) is 6.21. The summed E-state index contributed by atoms with van der Waals surface area (Å²) in [4.78, 5) is 39.6. The summed E-state index contributed by atoms with van der Waals surface area (Å²) in [5.74, 6) is 1.75. The highest BCUT2D eigenvalue weighted by atomic mass is 16.5. The SMILES string of the molecule is C#CCOc1ccc(C2C3=C(CCCC3=O)N(CC(=O)O)C3=C2C(=O)CCC3)cc1OC. The summed E-state index contributed by atoms with van der Waals surface area (Å²) in [6, 6.07) is 5.34. The molecule has 1 N–H and O–H groups in total. The Morgan fingerprint density at radius 1 is 1.09 bits per heavy atom. The molecular formula is C25H25NO6. The number of aliphatic carboxylic acids is 1. The molecule has 1 aliphatic heterocycles. The number of methoxy groups -OCH3 is 1. The molecule has 4 rings (SSSR count). The van der Waals surface area contributed by atoms with E-state index in [0.717, 1.165) is 17.0 Å². The summed E-state index contributed by atoms with van der Waals surface area (Å²) in [6.07, 6.45) is 8.60. The Balaban J connectivity index is 1.90. The highest BCUT2D eigenvalue weighted by molar-refractivity contribution is 6.06. The molecule has 32 heavy (non-hydrogen) atoms. The van der Waals surface area contributed by atoms with Crippen molar-refractivity contribution in [2.75, 3.05) is 20.3 Å². The van der Waals surface area contributed by atoms with Crippen molar-refractivity contribution in [3.8, 4) is 23.8 Å². The van der Waals surface area contributed by atoms with Crippen LogP contribution in [0.1, 0.15) is 50.0 Å². The molecule has 7 heteroatoms. The minimum atomic E-state index is -0.991. The Morgan fingerprint density at radius 2 is 1.72 bits per heavy atom. The quantitative estimate of drug-likeness (QED) is 0.686. The van der Waals surface area contributed by atoms with Crippen LogP contribution in [0.5, 0.6) is 11.5 Å². The molecule has 0 radical (unpaired) electrons. The molecule has 166 valence electrons. The van der Waals surface area contributed by atoms with Gasteiger partial charge in [-0.2, -0.15) is 0 Å². The van der Waals surface area contributed by atoms with Gasteiger partial charge in [-0.25, -0.2) is 0 Å². The molecule has 0 spiro atoms. The summed E-state index contributed by atoms with van der Waals surface area (Å²) in [7, 11) is 1.52. The number of nitrogens with zero attached hydrogens (tertiary/aromatic N) is 1. The van der Waals surface area contributed by atoms with E-state index < -0.39 is 11.9 Å². The number of carbonyl (C=O) groups is 3. The zero-order chi connectivity index (χ0) is 22.8. The molecule has 3 aliphatic rings. The van der Waals surface area contributed by atoms with Crippen LogP contribution in [0.2, 0.25) is 0 Å². The predicted molar refractivity (Wildman–Crippen MR) is 116 cm³/mol. The van der Waals surface area contributed by atoms with Crippen LogP contribution in [0.15, 0.2) is 40.7 Å². The van der Waals surface area contributed by atoms with Crippen LogP contribution in [0.25, 0.3) is 0 Å². The lowest BCUT2D eigenvalue weighted by Gasteiger charge is -2.43. The molecule has 0 unspecified atom stereocenters. The van der Waals surface area contributed by atoms with Crippen molar-refractivity contribution in [3.05, 3.63) is 46.3 Å². The smallest absolute Gasteiger partial charge is 0.323 e. The second kappa shape index (κ2) is 8.91. The van der Waals surface area contributed by atoms with Gasteiger partial charge in [0.25, 0.3) is 0 Å². The number of ketones is 2. The van der Waals surface area contributed by atoms with Gasteiger partial charge in [0.15, 0.2) is 23.1 Å². The van der Waals surface area contributed by atoms with Crippen LogP contribution in [-0.2, 0) is 14.4 Å². The zero-order valence-electron chi connectivity index (χ0n) is 18.0. The standard InChI is InChI=1S/C25H25NO6/c1-3-12-32-20-11-10-15(13-21(20)31-2)23-24-16(6-4-8-18(24)27)26(14-22(29)30)17-7-5-9-19(28)25(17)23/h1,10-11,13,23H,4-9,12,14H2,2H3,(H,29,30). The number of benzene rings is 1. The van der Waals surface area contributed by atoms with Gasteiger partial charge in [-0.15, -0.1) is 6.42 Å². The number of carboxylic acid groups (broad SMARTS) is 1. The number of rotatable bonds is 6. The molecule has 0 amide bonds. The summed E-state index contributed by atoms with van der Waals surface area (Å²) >= 11 is 0. The average Bonchev–Trinajstić information content (AvgIpc) is 2.78. The second-order valence-corrected chi connectivity index (χ2v) is 8.09. The zero-order valence-corrected chi connectivity index (χ0v) is 18.0. The van der Waals surface area contributed by atoms with E-state index in [2.05, 4.69) is 5.92 Å². The molecule has 0 atom stereocenters. The Labute approximate surface area is 186 Å². The van der Waals surface area contributed by atoms with Crippen LogP contribution >= 0.6 is 0 Å². The topological polar surface area (TPSA) is 93.1 Å². The fourth-order valence-electron chi connectivity index (χ4n) is 4.98. The Hall–Kier alpha value is -3.53. The van der Waals surface area contributed by atoms with Gasteiger partial charge in [0.1, 0.15) is 13.2 Å². The first-order valence-corrected chi connectivity index (χ1v) is 10.7. The Kier molecular flexibility index (Phi) is 6.04. The van der Waals surface area contributed by atoms with E-state index in [4.69, 9.17) is 15.9 Å². The van der Waals surface area contributed by atoms with E-state index in [9.17, 15) is 19.5 Å². The molecular weight excluding hydrogens is 410 g/mol. The van der Waals surface area contributed by atoms with E-state index in [-0.39, 0.29) is 24.7 Å². The van der Waals surface area contributed by atoms with Gasteiger partial charge in [-0.1, -0.05) is 12.0 Å². The number of carboxylic acids is 1. The maximum Gasteiger partial charge on any atom is 0.323 e. The molecule has 2 aliphatic carbocycles. The lowest BCUT2D eigenvalue weighted by Crippen LogP contribution is -2.41. The third-order valence-corrected chi connectivity index (χ3v) is 6.21. The molecule has 1 aromatic rings. The molecule has 0 saturated heterocycles. The number of allylic oxidation sites excluding steroid dienone is 4. The van der Waals surface area contributed by atoms with Crippen molar-refractivity contribution in [1.29, 1.82) is 0 Å². The second-order valence-electron chi connectivity index (χ2n) is 8.09. The predicted octanol–water partition coefficient (Wildman–Crippen LogP) is 3.21. The molecule has 1 aromatic carbocycles. The molecule has 0 saturated carbocycles. The van der Waals surface area contributed by atoms with Crippen molar-refractivity contribution < 1.29 is 29.0 Å². The molecule has 0 aromatic heterocycles. The average molecular weight is 435 g/mol. The largest absolute Gasteiger partial charge is 0.493 e. The van der Waals surface area contributed by atoms with E-state index >= 15 is 0 Å². The van der Waals surface area contributed by atoms with E-state index in [1.807, 2.05) is 6.07 Å². The first-order valence-electron chi connectivity index (χ1n) is 10.7. The van der Waals surface area contributed by atoms with Gasteiger partial charge in [0.05, 0.1) is 7.11 Å². The lowest BCUT2D eigenvalue weighted by molar-refractivity contribution is -0.138. The minimum absolute atomic E-state index is 0.0387. The molecule has 1 heterocycles. The van der Waals surface area contributed by atoms with Crippen LogP contribution in [-0.4, -0.2) is 47.8 Å². The number of hydrogen-bond donors (Lipinski definition) is 1. The summed E-state index contributed by atoms with van der Waals surface area (Å²) in [5.41, 5.74) is 3.27. The Morgan fingerprint density at radius 3 is 2.25 bits per heavy atom. The van der Waals surface area contributed by atoms with E-state index in [1.54, 1.807) is 17.0 Å². The maximum atomic E-state index is 13.1. The van der Waals surface area contributed by atoms with E-state index in [0.29, 0.717) is 61.2 Å². The normalized spacial score (nSPS) is 18.8. The molecule has 0 bridgehead atoms. The van der Waals surface area contributed by atoms with Crippen molar-refractivity contribution in [2.45, 2.75) is 44.4 Å².